The highest BCUT2D eigenvalue weighted by atomic mass is 16.5. The van der Waals surface area contributed by atoms with Crippen LogP contribution in [0.15, 0.2) is 18.2 Å². The molecule has 0 atom stereocenters. The van der Waals surface area contributed by atoms with Gasteiger partial charge < -0.3 is 14.6 Å². The fourth-order valence-corrected chi connectivity index (χ4v) is 1.50. The minimum atomic E-state index is -0.929. The number of hydrogen-bond donors (Lipinski definition) is 1. The lowest BCUT2D eigenvalue weighted by Crippen LogP contribution is -2.09. The lowest BCUT2D eigenvalue weighted by molar-refractivity contribution is -0.136. The number of hydrogen-bond acceptors (Lipinski definition) is 4. The Morgan fingerprint density at radius 2 is 1.94 bits per heavy atom. The van der Waals surface area contributed by atoms with E-state index in [9.17, 15) is 9.59 Å². The van der Waals surface area contributed by atoms with E-state index in [2.05, 4.69) is 0 Å². The zero-order valence-electron chi connectivity index (χ0n) is 10.4. The summed E-state index contributed by atoms with van der Waals surface area (Å²) in [5, 5.41) is 8.72. The maximum Gasteiger partial charge on any atom is 0.341 e. The second-order valence-electron chi connectivity index (χ2n) is 3.55. The molecule has 1 rings (SSSR count). The summed E-state index contributed by atoms with van der Waals surface area (Å²) in [5.41, 5.74) is 0.895. The van der Waals surface area contributed by atoms with Crippen LogP contribution in [0.2, 0.25) is 0 Å². The zero-order chi connectivity index (χ0) is 13.5. The van der Waals surface area contributed by atoms with Crippen molar-refractivity contribution in [2.24, 2.45) is 0 Å². The first-order valence-corrected chi connectivity index (χ1v) is 5.73. The minimum Gasteiger partial charge on any atom is -0.493 e. The number of aliphatic carboxylic acids is 1. The largest absolute Gasteiger partial charge is 0.493 e. The first-order chi connectivity index (χ1) is 8.58. The third kappa shape index (κ3) is 3.76. The van der Waals surface area contributed by atoms with Crippen molar-refractivity contribution in [3.8, 4) is 5.75 Å². The van der Waals surface area contributed by atoms with Crippen LogP contribution in [0.25, 0.3) is 0 Å². The summed E-state index contributed by atoms with van der Waals surface area (Å²) in [6.45, 7) is 4.18. The number of carboxylic acid groups (broad SMARTS) is 1. The SMILES string of the molecule is CCOC(=O)c1ccc(CC(=O)O)cc1OCC. The van der Waals surface area contributed by atoms with Gasteiger partial charge in [-0.2, -0.15) is 0 Å². The number of ether oxygens (including phenoxy) is 2. The third-order valence-corrected chi connectivity index (χ3v) is 2.20. The number of carbonyl (C=O) groups excluding carboxylic acids is 1. The van der Waals surface area contributed by atoms with Gasteiger partial charge in [0, 0.05) is 0 Å². The lowest BCUT2D eigenvalue weighted by atomic mass is 10.1. The molecule has 18 heavy (non-hydrogen) atoms. The Kier molecular flexibility index (Phi) is 5.17. The van der Waals surface area contributed by atoms with Crippen molar-refractivity contribution in [1.29, 1.82) is 0 Å². The van der Waals surface area contributed by atoms with Crippen molar-refractivity contribution < 1.29 is 24.2 Å². The van der Waals surface area contributed by atoms with E-state index >= 15 is 0 Å². The quantitative estimate of drug-likeness (QED) is 0.783. The molecule has 5 heteroatoms. The zero-order valence-corrected chi connectivity index (χ0v) is 10.4. The van der Waals surface area contributed by atoms with Crippen LogP contribution in [0.5, 0.6) is 5.75 Å². The van der Waals surface area contributed by atoms with Gasteiger partial charge in [-0.1, -0.05) is 6.07 Å². The molecule has 0 saturated carbocycles. The monoisotopic (exact) mass is 252 g/mol. The summed E-state index contributed by atoms with van der Waals surface area (Å²) in [6, 6.07) is 4.67. The average molecular weight is 252 g/mol. The number of esters is 1. The Bertz CT molecular complexity index is 439. The predicted molar refractivity (Wildman–Crippen MR) is 64.9 cm³/mol. The highest BCUT2D eigenvalue weighted by Gasteiger charge is 2.15. The predicted octanol–water partition coefficient (Wildman–Crippen LogP) is 1.89. The molecule has 0 saturated heterocycles. The maximum atomic E-state index is 11.7. The van der Waals surface area contributed by atoms with Crippen LogP contribution >= 0.6 is 0 Å². The molecule has 0 aliphatic rings. The van der Waals surface area contributed by atoms with Crippen LogP contribution in [0.3, 0.4) is 0 Å². The van der Waals surface area contributed by atoms with Crippen LogP contribution in [0.1, 0.15) is 29.8 Å². The summed E-state index contributed by atoms with van der Waals surface area (Å²) in [6.07, 6.45) is -0.108. The Morgan fingerprint density at radius 1 is 1.22 bits per heavy atom. The smallest absolute Gasteiger partial charge is 0.341 e. The van der Waals surface area contributed by atoms with Gasteiger partial charge in [0.05, 0.1) is 19.6 Å². The molecule has 98 valence electrons. The fraction of sp³-hybridized carbons (Fsp3) is 0.385. The molecule has 0 fully saturated rings. The second-order valence-corrected chi connectivity index (χ2v) is 3.55. The van der Waals surface area contributed by atoms with Crippen molar-refractivity contribution >= 4 is 11.9 Å². The summed E-state index contributed by atoms with van der Waals surface area (Å²) in [5.74, 6) is -1.04. The number of benzene rings is 1. The topological polar surface area (TPSA) is 72.8 Å². The first kappa shape index (κ1) is 14.0. The van der Waals surface area contributed by atoms with Crippen molar-refractivity contribution in [3.05, 3.63) is 29.3 Å². The maximum absolute atomic E-state index is 11.7. The minimum absolute atomic E-state index is 0.108. The molecule has 0 aromatic heterocycles. The summed E-state index contributed by atoms with van der Waals surface area (Å²) >= 11 is 0. The highest BCUT2D eigenvalue weighted by molar-refractivity contribution is 5.92. The Hall–Kier alpha value is -2.04. The number of carbonyl (C=O) groups is 2. The third-order valence-electron chi connectivity index (χ3n) is 2.20. The van der Waals surface area contributed by atoms with Gasteiger partial charge in [0.15, 0.2) is 0 Å². The molecule has 0 aliphatic heterocycles. The summed E-state index contributed by atoms with van der Waals surface area (Å²) < 4.78 is 10.2. The molecule has 0 unspecified atom stereocenters. The first-order valence-electron chi connectivity index (χ1n) is 5.73. The molecule has 5 nitrogen and oxygen atoms in total. The average Bonchev–Trinajstić information content (AvgIpc) is 2.29. The van der Waals surface area contributed by atoms with Gasteiger partial charge in [-0.15, -0.1) is 0 Å². The van der Waals surface area contributed by atoms with Crippen molar-refractivity contribution in [2.45, 2.75) is 20.3 Å². The fourth-order valence-electron chi connectivity index (χ4n) is 1.50. The lowest BCUT2D eigenvalue weighted by Gasteiger charge is -2.10. The van der Waals surface area contributed by atoms with Gasteiger partial charge in [-0.3, -0.25) is 4.79 Å². The summed E-state index contributed by atoms with van der Waals surface area (Å²) in [4.78, 5) is 22.3. The van der Waals surface area contributed by atoms with Gasteiger partial charge in [0.25, 0.3) is 0 Å². The van der Waals surface area contributed by atoms with E-state index in [0.717, 1.165) is 0 Å². The highest BCUT2D eigenvalue weighted by Crippen LogP contribution is 2.22. The van der Waals surface area contributed by atoms with E-state index in [-0.39, 0.29) is 13.0 Å². The van der Waals surface area contributed by atoms with Gasteiger partial charge in [-0.05, 0) is 31.5 Å². The number of rotatable bonds is 6. The molecule has 0 aliphatic carbocycles. The van der Waals surface area contributed by atoms with E-state index in [1.54, 1.807) is 26.0 Å². The Morgan fingerprint density at radius 3 is 2.50 bits per heavy atom. The van der Waals surface area contributed by atoms with E-state index in [0.29, 0.717) is 23.5 Å². The van der Waals surface area contributed by atoms with E-state index in [1.165, 1.54) is 6.07 Å². The molecule has 1 aromatic carbocycles. The molecule has 0 amide bonds. The van der Waals surface area contributed by atoms with Gasteiger partial charge in [0.1, 0.15) is 11.3 Å². The number of carboxylic acids is 1. The van der Waals surface area contributed by atoms with E-state index in [4.69, 9.17) is 14.6 Å². The normalized spacial score (nSPS) is 9.89. The van der Waals surface area contributed by atoms with Gasteiger partial charge in [0.2, 0.25) is 0 Å². The van der Waals surface area contributed by atoms with Crippen LogP contribution in [0.4, 0.5) is 0 Å². The second kappa shape index (κ2) is 6.64. The molecule has 0 radical (unpaired) electrons. The van der Waals surface area contributed by atoms with Crippen molar-refractivity contribution in [1.82, 2.24) is 0 Å². The molecule has 0 heterocycles. The van der Waals surface area contributed by atoms with Gasteiger partial charge in [-0.25, -0.2) is 4.79 Å². The van der Waals surface area contributed by atoms with Crippen LogP contribution in [0, 0.1) is 0 Å². The molecular weight excluding hydrogens is 236 g/mol. The molecular formula is C13H16O5. The molecule has 1 aromatic rings. The van der Waals surface area contributed by atoms with Crippen molar-refractivity contribution in [2.75, 3.05) is 13.2 Å². The van der Waals surface area contributed by atoms with Crippen LogP contribution in [-0.2, 0) is 16.0 Å². The molecule has 0 spiro atoms. The van der Waals surface area contributed by atoms with Crippen LogP contribution in [-0.4, -0.2) is 30.3 Å². The standard InChI is InChI=1S/C13H16O5/c1-3-17-11-7-9(8-12(14)15)5-6-10(11)13(16)18-4-2/h5-7H,3-4,8H2,1-2H3,(H,14,15). The Labute approximate surface area is 105 Å². The van der Waals surface area contributed by atoms with Crippen LogP contribution < -0.4 is 4.74 Å². The van der Waals surface area contributed by atoms with E-state index < -0.39 is 11.9 Å². The molecule has 1 N–H and O–H groups in total. The van der Waals surface area contributed by atoms with Crippen molar-refractivity contribution in [3.63, 3.8) is 0 Å². The van der Waals surface area contributed by atoms with E-state index in [1.807, 2.05) is 0 Å². The summed E-state index contributed by atoms with van der Waals surface area (Å²) in [7, 11) is 0. The molecule has 0 bridgehead atoms. The van der Waals surface area contributed by atoms with Gasteiger partial charge >= 0.3 is 11.9 Å². The Balaban J connectivity index is 3.03.